The maximum absolute atomic E-state index is 11.0. The number of ether oxygens (including phenoxy) is 2. The average Bonchev–Trinajstić information content (AvgIpc) is 2.17. The topological polar surface area (TPSA) is 52.6 Å². The van der Waals surface area contributed by atoms with Crippen molar-refractivity contribution in [2.45, 2.75) is 46.1 Å². The van der Waals surface area contributed by atoms with Crippen LogP contribution in [0, 0.1) is 0 Å². The first-order valence-corrected chi connectivity index (χ1v) is 4.99. The van der Waals surface area contributed by atoms with E-state index in [2.05, 4.69) is 4.74 Å². The predicted molar refractivity (Wildman–Crippen MR) is 51.7 cm³/mol. The highest BCUT2D eigenvalue weighted by molar-refractivity contribution is 6.29. The van der Waals surface area contributed by atoms with Crippen LogP contribution in [-0.2, 0) is 19.1 Å². The number of hydrogen-bond acceptors (Lipinski definition) is 4. The molecule has 0 aromatic carbocycles. The standard InChI is InChI=1S/C10H18O4/c1-4-6-7-13-9(11)10(12)14-8(3)5-2/h8H,4-7H2,1-3H3. The molecule has 0 bridgehead atoms. The molecule has 4 nitrogen and oxygen atoms in total. The van der Waals surface area contributed by atoms with Gasteiger partial charge in [-0.05, 0) is 19.8 Å². The molecule has 0 heterocycles. The van der Waals surface area contributed by atoms with Crippen LogP contribution < -0.4 is 0 Å². The molecule has 0 radical (unpaired) electrons. The minimum absolute atomic E-state index is 0.235. The van der Waals surface area contributed by atoms with Crippen molar-refractivity contribution in [1.29, 1.82) is 0 Å². The van der Waals surface area contributed by atoms with Gasteiger partial charge in [-0.15, -0.1) is 0 Å². The summed E-state index contributed by atoms with van der Waals surface area (Å²) in [5.74, 6) is -1.78. The minimum atomic E-state index is -0.893. The number of unbranched alkanes of at least 4 members (excludes halogenated alkanes) is 1. The Morgan fingerprint density at radius 2 is 1.86 bits per heavy atom. The quantitative estimate of drug-likeness (QED) is 0.386. The Bertz CT molecular complexity index is 189. The monoisotopic (exact) mass is 202 g/mol. The molecule has 0 rings (SSSR count). The van der Waals surface area contributed by atoms with Crippen molar-refractivity contribution in [3.63, 3.8) is 0 Å². The predicted octanol–water partition coefficient (Wildman–Crippen LogP) is 1.67. The van der Waals surface area contributed by atoms with Gasteiger partial charge in [-0.2, -0.15) is 0 Å². The fourth-order valence-electron chi connectivity index (χ4n) is 0.682. The van der Waals surface area contributed by atoms with Crippen molar-refractivity contribution in [3.8, 4) is 0 Å². The fourth-order valence-corrected chi connectivity index (χ4v) is 0.682. The summed E-state index contributed by atoms with van der Waals surface area (Å²) in [6.45, 7) is 5.87. The van der Waals surface area contributed by atoms with Crippen LogP contribution in [0.4, 0.5) is 0 Å². The van der Waals surface area contributed by atoms with Gasteiger partial charge in [-0.25, -0.2) is 9.59 Å². The summed E-state index contributed by atoms with van der Waals surface area (Å²) >= 11 is 0. The first-order chi connectivity index (χ1) is 6.61. The Morgan fingerprint density at radius 3 is 2.36 bits per heavy atom. The highest BCUT2D eigenvalue weighted by atomic mass is 16.6. The van der Waals surface area contributed by atoms with Gasteiger partial charge < -0.3 is 9.47 Å². The number of carbonyl (C=O) groups is 2. The number of rotatable bonds is 5. The smallest absolute Gasteiger partial charge is 0.417 e. The van der Waals surface area contributed by atoms with Crippen molar-refractivity contribution in [2.75, 3.05) is 6.61 Å². The summed E-state index contributed by atoms with van der Waals surface area (Å²) < 4.78 is 9.45. The zero-order valence-corrected chi connectivity index (χ0v) is 9.04. The fraction of sp³-hybridized carbons (Fsp3) is 0.800. The van der Waals surface area contributed by atoms with Crippen LogP contribution in [0.1, 0.15) is 40.0 Å². The maximum atomic E-state index is 11.0. The molecule has 0 saturated carbocycles. The van der Waals surface area contributed by atoms with Crippen molar-refractivity contribution in [3.05, 3.63) is 0 Å². The summed E-state index contributed by atoms with van der Waals surface area (Å²) in [4.78, 5) is 22.0. The molecule has 0 fully saturated rings. The molecular formula is C10H18O4. The van der Waals surface area contributed by atoms with Crippen LogP contribution in [0.15, 0.2) is 0 Å². The van der Waals surface area contributed by atoms with Crippen LogP contribution in [0.3, 0.4) is 0 Å². The van der Waals surface area contributed by atoms with E-state index in [1.165, 1.54) is 0 Å². The van der Waals surface area contributed by atoms with Gasteiger partial charge in [0.15, 0.2) is 0 Å². The lowest BCUT2D eigenvalue weighted by Gasteiger charge is -2.09. The molecule has 0 aromatic rings. The molecule has 1 unspecified atom stereocenters. The van der Waals surface area contributed by atoms with Gasteiger partial charge in [0.1, 0.15) is 0 Å². The Balaban J connectivity index is 3.71. The van der Waals surface area contributed by atoms with Crippen molar-refractivity contribution in [1.82, 2.24) is 0 Å². The Labute approximate surface area is 84.6 Å². The average molecular weight is 202 g/mol. The highest BCUT2D eigenvalue weighted by Crippen LogP contribution is 1.98. The van der Waals surface area contributed by atoms with Gasteiger partial charge in [0.25, 0.3) is 0 Å². The molecule has 0 amide bonds. The molecule has 0 aliphatic rings. The largest absolute Gasteiger partial charge is 0.457 e. The molecule has 4 heteroatoms. The third kappa shape index (κ3) is 5.56. The van der Waals surface area contributed by atoms with Gasteiger partial charge in [0.2, 0.25) is 0 Å². The summed E-state index contributed by atoms with van der Waals surface area (Å²) in [5.41, 5.74) is 0. The van der Waals surface area contributed by atoms with E-state index >= 15 is 0 Å². The zero-order chi connectivity index (χ0) is 11.0. The number of carbonyl (C=O) groups excluding carboxylic acids is 2. The Morgan fingerprint density at radius 1 is 1.21 bits per heavy atom. The summed E-state index contributed by atoms with van der Waals surface area (Å²) in [6.07, 6.45) is 2.14. The maximum Gasteiger partial charge on any atom is 0.417 e. The molecular weight excluding hydrogens is 184 g/mol. The normalized spacial score (nSPS) is 11.9. The molecule has 0 aliphatic carbocycles. The second-order valence-corrected chi connectivity index (χ2v) is 3.11. The van der Waals surface area contributed by atoms with Gasteiger partial charge in [-0.1, -0.05) is 20.3 Å². The third-order valence-electron chi connectivity index (χ3n) is 1.78. The van der Waals surface area contributed by atoms with E-state index in [-0.39, 0.29) is 12.7 Å². The van der Waals surface area contributed by atoms with E-state index in [1.807, 2.05) is 13.8 Å². The Hall–Kier alpha value is -1.06. The van der Waals surface area contributed by atoms with E-state index in [4.69, 9.17) is 4.74 Å². The van der Waals surface area contributed by atoms with Gasteiger partial charge in [0.05, 0.1) is 12.7 Å². The molecule has 0 N–H and O–H groups in total. The van der Waals surface area contributed by atoms with E-state index in [0.717, 1.165) is 12.8 Å². The number of hydrogen-bond donors (Lipinski definition) is 0. The molecule has 0 spiro atoms. The zero-order valence-electron chi connectivity index (χ0n) is 9.04. The second kappa shape index (κ2) is 7.35. The molecule has 0 saturated heterocycles. The molecule has 1 atom stereocenters. The SMILES string of the molecule is CCCCOC(=O)C(=O)OC(C)CC. The van der Waals surface area contributed by atoms with Crippen LogP contribution >= 0.6 is 0 Å². The van der Waals surface area contributed by atoms with Crippen LogP contribution in [-0.4, -0.2) is 24.6 Å². The van der Waals surface area contributed by atoms with E-state index < -0.39 is 11.9 Å². The lowest BCUT2D eigenvalue weighted by atomic mass is 10.3. The van der Waals surface area contributed by atoms with Crippen LogP contribution in [0.25, 0.3) is 0 Å². The van der Waals surface area contributed by atoms with Crippen molar-refractivity contribution < 1.29 is 19.1 Å². The second-order valence-electron chi connectivity index (χ2n) is 3.11. The van der Waals surface area contributed by atoms with Crippen molar-refractivity contribution >= 4 is 11.9 Å². The van der Waals surface area contributed by atoms with Gasteiger partial charge in [-0.3, -0.25) is 0 Å². The van der Waals surface area contributed by atoms with Gasteiger partial charge in [0, 0.05) is 0 Å². The van der Waals surface area contributed by atoms with E-state index in [0.29, 0.717) is 6.42 Å². The summed E-state index contributed by atoms with van der Waals surface area (Å²) in [7, 11) is 0. The lowest BCUT2D eigenvalue weighted by molar-refractivity contribution is -0.170. The summed E-state index contributed by atoms with van der Waals surface area (Å²) in [6, 6.07) is 0. The molecule has 0 aromatic heterocycles. The van der Waals surface area contributed by atoms with Gasteiger partial charge >= 0.3 is 11.9 Å². The molecule has 0 aliphatic heterocycles. The first-order valence-electron chi connectivity index (χ1n) is 4.99. The first kappa shape index (κ1) is 12.9. The van der Waals surface area contributed by atoms with E-state index in [1.54, 1.807) is 6.92 Å². The van der Waals surface area contributed by atoms with E-state index in [9.17, 15) is 9.59 Å². The van der Waals surface area contributed by atoms with Crippen LogP contribution in [0.2, 0.25) is 0 Å². The Kier molecular flexibility index (Phi) is 6.80. The molecule has 14 heavy (non-hydrogen) atoms. The number of esters is 2. The highest BCUT2D eigenvalue weighted by Gasteiger charge is 2.18. The van der Waals surface area contributed by atoms with Crippen molar-refractivity contribution in [2.24, 2.45) is 0 Å². The van der Waals surface area contributed by atoms with Crippen LogP contribution in [0.5, 0.6) is 0 Å². The summed E-state index contributed by atoms with van der Waals surface area (Å²) in [5, 5.41) is 0. The minimum Gasteiger partial charge on any atom is -0.457 e. The third-order valence-corrected chi connectivity index (χ3v) is 1.78. The molecule has 82 valence electrons. The lowest BCUT2D eigenvalue weighted by Crippen LogP contribution is -2.24.